The molecule has 1 aromatic heterocycles. The summed E-state index contributed by atoms with van der Waals surface area (Å²) in [6.45, 7) is 3.11. The lowest BCUT2D eigenvalue weighted by atomic mass is 9.96. The first-order valence-electron chi connectivity index (χ1n) is 7.45. The quantitative estimate of drug-likeness (QED) is 0.794. The van der Waals surface area contributed by atoms with Crippen LogP contribution in [0.5, 0.6) is 0 Å². The Morgan fingerprint density at radius 3 is 3.00 bits per heavy atom. The molecule has 1 atom stereocenters. The average molecular weight is 313 g/mol. The maximum Gasteiger partial charge on any atom is 0.257 e. The van der Waals surface area contributed by atoms with Crippen molar-refractivity contribution in [3.63, 3.8) is 0 Å². The third kappa shape index (κ3) is 2.35. The normalized spacial score (nSPS) is 26.1. The molecular weight excluding hydrogens is 292 g/mol. The van der Waals surface area contributed by atoms with Gasteiger partial charge in [0.05, 0.1) is 30.1 Å². The molecule has 116 valence electrons. The number of aliphatic hydroxyl groups excluding tert-OH is 1. The number of rotatable bonds is 1. The number of likely N-dealkylation sites (tertiary alicyclic amines) is 1. The zero-order valence-electron chi connectivity index (χ0n) is 11.9. The predicted molar refractivity (Wildman–Crippen MR) is 79.4 cm³/mol. The van der Waals surface area contributed by atoms with E-state index in [1.54, 1.807) is 6.20 Å². The number of hydrogen-bond donors (Lipinski definition) is 2. The van der Waals surface area contributed by atoms with Crippen LogP contribution in [0.25, 0.3) is 0 Å². The number of aliphatic hydroxyl groups is 1. The fraction of sp³-hybridized carbons (Fsp3) is 0.714. The molecule has 1 aliphatic carbocycles. The Morgan fingerprint density at radius 2 is 2.24 bits per heavy atom. The fourth-order valence-corrected chi connectivity index (χ4v) is 3.61. The van der Waals surface area contributed by atoms with Gasteiger partial charge in [-0.2, -0.15) is 5.10 Å². The van der Waals surface area contributed by atoms with E-state index < -0.39 is 0 Å². The second kappa shape index (κ2) is 5.26. The van der Waals surface area contributed by atoms with Gasteiger partial charge in [0.2, 0.25) is 0 Å². The van der Waals surface area contributed by atoms with E-state index in [-0.39, 0.29) is 30.0 Å². The molecule has 2 fully saturated rings. The molecule has 2 N–H and O–H groups in total. The monoisotopic (exact) mass is 312 g/mol. The molecule has 1 spiro atoms. The lowest BCUT2D eigenvalue weighted by Crippen LogP contribution is -2.49. The molecule has 3 aliphatic rings. The van der Waals surface area contributed by atoms with E-state index in [9.17, 15) is 9.90 Å². The first kappa shape index (κ1) is 14.8. The fourth-order valence-electron chi connectivity index (χ4n) is 3.61. The highest BCUT2D eigenvalue weighted by atomic mass is 35.5. The van der Waals surface area contributed by atoms with Crippen molar-refractivity contribution in [1.29, 1.82) is 0 Å². The number of carbonyl (C=O) groups is 1. The average Bonchev–Trinajstić information content (AvgIpc) is 3.06. The Bertz CT molecular complexity index is 555. The van der Waals surface area contributed by atoms with Crippen LogP contribution in [0.15, 0.2) is 6.20 Å². The minimum atomic E-state index is -0.246. The van der Waals surface area contributed by atoms with E-state index in [0.29, 0.717) is 19.5 Å². The van der Waals surface area contributed by atoms with Crippen LogP contribution < -0.4 is 5.32 Å². The van der Waals surface area contributed by atoms with E-state index >= 15 is 0 Å². The van der Waals surface area contributed by atoms with Crippen molar-refractivity contribution < 1.29 is 9.90 Å². The maximum atomic E-state index is 12.9. The van der Waals surface area contributed by atoms with Gasteiger partial charge in [-0.1, -0.05) is 0 Å². The molecule has 1 saturated heterocycles. The number of nitrogens with zero attached hydrogens (tertiary/aromatic N) is 3. The third-order valence-electron chi connectivity index (χ3n) is 4.92. The standard InChI is InChI=1S/C14H20N4O2.ClH/c19-10-1-5-17(14(7-10)2-3-14)13(20)11-8-16-18-6-4-15-9-12(11)18;/h8,10,15,19H,1-7,9H2;1H. The molecular formula is C14H21ClN4O2. The summed E-state index contributed by atoms with van der Waals surface area (Å²) < 4.78 is 1.93. The molecule has 0 radical (unpaired) electrons. The van der Waals surface area contributed by atoms with Gasteiger partial charge in [0, 0.05) is 25.2 Å². The first-order valence-corrected chi connectivity index (χ1v) is 7.45. The van der Waals surface area contributed by atoms with Gasteiger partial charge in [-0.15, -0.1) is 12.4 Å². The second-order valence-corrected chi connectivity index (χ2v) is 6.23. The Labute approximate surface area is 129 Å². The topological polar surface area (TPSA) is 70.4 Å². The summed E-state index contributed by atoms with van der Waals surface area (Å²) >= 11 is 0. The first-order chi connectivity index (χ1) is 9.70. The van der Waals surface area contributed by atoms with Gasteiger partial charge in [0.15, 0.2) is 0 Å². The lowest BCUT2D eigenvalue weighted by molar-refractivity contribution is 0.0248. The molecule has 1 saturated carbocycles. The summed E-state index contributed by atoms with van der Waals surface area (Å²) in [5.41, 5.74) is 1.68. The van der Waals surface area contributed by atoms with Crippen LogP contribution in [-0.4, -0.2) is 50.4 Å². The minimum Gasteiger partial charge on any atom is -0.393 e. The summed E-state index contributed by atoms with van der Waals surface area (Å²) in [5.74, 6) is 0.0966. The molecule has 0 bridgehead atoms. The zero-order chi connectivity index (χ0) is 13.7. The van der Waals surface area contributed by atoms with Gasteiger partial charge < -0.3 is 15.3 Å². The van der Waals surface area contributed by atoms with Crippen LogP contribution in [0.3, 0.4) is 0 Å². The van der Waals surface area contributed by atoms with Crippen molar-refractivity contribution in [3.8, 4) is 0 Å². The van der Waals surface area contributed by atoms with Crippen molar-refractivity contribution in [3.05, 3.63) is 17.5 Å². The van der Waals surface area contributed by atoms with Gasteiger partial charge in [-0.25, -0.2) is 0 Å². The van der Waals surface area contributed by atoms with Crippen molar-refractivity contribution >= 4 is 18.3 Å². The highest BCUT2D eigenvalue weighted by molar-refractivity contribution is 5.96. The molecule has 4 rings (SSSR count). The van der Waals surface area contributed by atoms with Crippen molar-refractivity contribution in [2.75, 3.05) is 13.1 Å². The van der Waals surface area contributed by atoms with E-state index in [4.69, 9.17) is 0 Å². The molecule has 6 nitrogen and oxygen atoms in total. The van der Waals surface area contributed by atoms with Crippen LogP contribution in [0.4, 0.5) is 0 Å². The highest BCUT2D eigenvalue weighted by Gasteiger charge is 2.53. The molecule has 7 heteroatoms. The van der Waals surface area contributed by atoms with Crippen LogP contribution in [0.2, 0.25) is 0 Å². The number of nitrogens with one attached hydrogen (secondary N) is 1. The van der Waals surface area contributed by atoms with Gasteiger partial charge in [0.1, 0.15) is 0 Å². The molecule has 0 aromatic carbocycles. The predicted octanol–water partition coefficient (Wildman–Crippen LogP) is 0.538. The molecule has 1 unspecified atom stereocenters. The van der Waals surface area contributed by atoms with Gasteiger partial charge >= 0.3 is 0 Å². The van der Waals surface area contributed by atoms with Crippen LogP contribution in [0, 0.1) is 0 Å². The summed E-state index contributed by atoms with van der Waals surface area (Å²) in [4.78, 5) is 14.9. The summed E-state index contributed by atoms with van der Waals surface area (Å²) in [6, 6.07) is 0. The number of aromatic nitrogens is 2. The number of halogens is 1. The highest BCUT2D eigenvalue weighted by Crippen LogP contribution is 2.49. The Morgan fingerprint density at radius 1 is 1.43 bits per heavy atom. The molecule has 3 heterocycles. The smallest absolute Gasteiger partial charge is 0.257 e. The van der Waals surface area contributed by atoms with Gasteiger partial charge in [-0.3, -0.25) is 9.48 Å². The SMILES string of the molecule is Cl.O=C(c1cnn2c1CNCC2)N1CCC(O)CC12CC2. The van der Waals surface area contributed by atoms with Crippen LogP contribution in [-0.2, 0) is 13.1 Å². The number of amides is 1. The molecule has 2 aliphatic heterocycles. The molecule has 1 amide bonds. The number of piperidine rings is 1. The van der Waals surface area contributed by atoms with Crippen molar-refractivity contribution in [2.45, 2.75) is 50.4 Å². The Hall–Kier alpha value is -1.11. The Balaban J connectivity index is 0.00000132. The van der Waals surface area contributed by atoms with Crippen molar-refractivity contribution in [2.24, 2.45) is 0 Å². The van der Waals surface area contributed by atoms with Gasteiger partial charge in [0.25, 0.3) is 5.91 Å². The summed E-state index contributed by atoms with van der Waals surface area (Å²) in [5, 5.41) is 17.5. The minimum absolute atomic E-state index is 0. The zero-order valence-corrected chi connectivity index (χ0v) is 12.7. The van der Waals surface area contributed by atoms with E-state index in [0.717, 1.165) is 43.6 Å². The molecule has 21 heavy (non-hydrogen) atoms. The van der Waals surface area contributed by atoms with E-state index in [1.165, 1.54) is 0 Å². The number of hydrogen-bond acceptors (Lipinski definition) is 4. The van der Waals surface area contributed by atoms with E-state index in [1.807, 2.05) is 9.58 Å². The number of carbonyl (C=O) groups excluding carboxylic acids is 1. The largest absolute Gasteiger partial charge is 0.393 e. The van der Waals surface area contributed by atoms with Crippen LogP contribution in [0.1, 0.15) is 41.7 Å². The third-order valence-corrected chi connectivity index (χ3v) is 4.92. The molecule has 1 aromatic rings. The Kier molecular flexibility index (Phi) is 3.71. The van der Waals surface area contributed by atoms with Gasteiger partial charge in [-0.05, 0) is 25.7 Å². The number of fused-ring (bicyclic) bond motifs is 1. The maximum absolute atomic E-state index is 12.9. The lowest BCUT2D eigenvalue weighted by Gasteiger charge is -2.38. The van der Waals surface area contributed by atoms with Crippen molar-refractivity contribution in [1.82, 2.24) is 20.0 Å². The van der Waals surface area contributed by atoms with E-state index in [2.05, 4.69) is 10.4 Å². The summed E-state index contributed by atoms with van der Waals surface area (Å²) in [7, 11) is 0. The van der Waals surface area contributed by atoms with Crippen LogP contribution >= 0.6 is 12.4 Å². The second-order valence-electron chi connectivity index (χ2n) is 6.23. The summed E-state index contributed by atoms with van der Waals surface area (Å²) in [6.07, 6.45) is 4.94.